The van der Waals surface area contributed by atoms with Crippen molar-refractivity contribution in [1.82, 2.24) is 0 Å². The minimum absolute atomic E-state index is 0.0539. The van der Waals surface area contributed by atoms with Gasteiger partial charge in [-0.25, -0.2) is 4.79 Å². The van der Waals surface area contributed by atoms with Crippen LogP contribution in [0.5, 0.6) is 0 Å². The number of nitrogens with zero attached hydrogens (tertiary/aromatic N) is 4. The van der Waals surface area contributed by atoms with Crippen molar-refractivity contribution in [1.29, 1.82) is 0 Å². The van der Waals surface area contributed by atoms with Crippen LogP contribution >= 0.6 is 23.2 Å². The number of benzene rings is 1. The van der Waals surface area contributed by atoms with Gasteiger partial charge >= 0.3 is 5.97 Å². The third-order valence-electron chi connectivity index (χ3n) is 3.87. The highest BCUT2D eigenvalue weighted by molar-refractivity contribution is 6.38. The highest BCUT2D eigenvalue weighted by Gasteiger charge is 2.31. The van der Waals surface area contributed by atoms with E-state index in [-0.39, 0.29) is 22.8 Å². The first-order chi connectivity index (χ1) is 11.9. The van der Waals surface area contributed by atoms with Crippen LogP contribution in [0.25, 0.3) is 0 Å². The Labute approximate surface area is 153 Å². The number of halogens is 2. The van der Waals surface area contributed by atoms with Crippen molar-refractivity contribution in [2.45, 2.75) is 38.3 Å². The molecule has 25 heavy (non-hydrogen) atoms. The van der Waals surface area contributed by atoms with Crippen molar-refractivity contribution in [2.24, 2.45) is 20.7 Å². The molecule has 0 unspecified atom stereocenters. The van der Waals surface area contributed by atoms with Crippen molar-refractivity contribution in [2.75, 3.05) is 0 Å². The number of hydrogen-bond acceptors (Lipinski definition) is 7. The van der Waals surface area contributed by atoms with E-state index >= 15 is 0 Å². The summed E-state index contributed by atoms with van der Waals surface area (Å²) in [6.07, 6.45) is 3.25. The van der Waals surface area contributed by atoms with Gasteiger partial charge in [-0.1, -0.05) is 23.2 Å². The summed E-state index contributed by atoms with van der Waals surface area (Å²) in [6, 6.07) is 3.05. The molecule has 3 rings (SSSR count). The van der Waals surface area contributed by atoms with Crippen molar-refractivity contribution in [3.05, 3.63) is 45.1 Å². The Morgan fingerprint density at radius 2 is 1.96 bits per heavy atom. The van der Waals surface area contributed by atoms with Crippen LogP contribution in [-0.2, 0) is 16.0 Å². The first kappa shape index (κ1) is 17.7. The van der Waals surface area contributed by atoms with Crippen LogP contribution < -0.4 is 0 Å². The zero-order valence-corrected chi connectivity index (χ0v) is 14.8. The summed E-state index contributed by atoms with van der Waals surface area (Å²) in [4.78, 5) is 23.9. The molecule has 0 atom stereocenters. The predicted octanol–water partition coefficient (Wildman–Crippen LogP) is 4.88. The average molecular weight is 381 g/mol. The molecule has 1 aliphatic heterocycles. The maximum absolute atomic E-state index is 12.4. The largest absolute Gasteiger partial charge is 0.427 e. The van der Waals surface area contributed by atoms with Gasteiger partial charge in [0.15, 0.2) is 11.4 Å². The first-order valence-corrected chi connectivity index (χ1v) is 8.40. The molecule has 9 heteroatoms. The quantitative estimate of drug-likeness (QED) is 0.696. The molecule has 2 aliphatic rings. The third kappa shape index (κ3) is 3.93. The van der Waals surface area contributed by atoms with Gasteiger partial charge in [0.2, 0.25) is 0 Å². The maximum atomic E-state index is 12.4. The van der Waals surface area contributed by atoms with Crippen LogP contribution in [-0.4, -0.2) is 17.4 Å². The Morgan fingerprint density at radius 3 is 2.64 bits per heavy atom. The number of carbonyl (C=O) groups is 2. The van der Waals surface area contributed by atoms with Crippen LogP contribution in [0.4, 0.5) is 0 Å². The van der Waals surface area contributed by atoms with E-state index in [0.29, 0.717) is 35.6 Å². The Kier molecular flexibility index (Phi) is 4.96. The van der Waals surface area contributed by atoms with Crippen LogP contribution in [0.3, 0.4) is 0 Å². The lowest BCUT2D eigenvalue weighted by atomic mass is 10.0. The fraction of sp³-hybridized carbons (Fsp3) is 0.375. The zero-order chi connectivity index (χ0) is 18.0. The van der Waals surface area contributed by atoms with Gasteiger partial charge in [0.25, 0.3) is 0 Å². The van der Waals surface area contributed by atoms with E-state index < -0.39 is 11.6 Å². The number of ketones is 1. The van der Waals surface area contributed by atoms with Crippen LogP contribution in [0, 0.1) is 0 Å². The summed E-state index contributed by atoms with van der Waals surface area (Å²) in [7, 11) is 0. The first-order valence-electron chi connectivity index (χ1n) is 7.64. The van der Waals surface area contributed by atoms with Crippen LogP contribution in [0.2, 0.25) is 10.0 Å². The monoisotopic (exact) mass is 380 g/mol. The van der Waals surface area contributed by atoms with Gasteiger partial charge in [-0.05, 0) is 41.5 Å². The minimum atomic E-state index is -0.909. The molecule has 0 aromatic heterocycles. The molecule has 130 valence electrons. The average Bonchev–Trinajstić information content (AvgIpc) is 2.98. The minimum Gasteiger partial charge on any atom is -0.427 e. The molecule has 0 N–H and O–H groups in total. The lowest BCUT2D eigenvalue weighted by Crippen LogP contribution is -2.20. The Morgan fingerprint density at radius 1 is 1.24 bits per heavy atom. The maximum Gasteiger partial charge on any atom is 0.344 e. The standard InChI is InChI=1S/C16H14Cl2N4O3/c1-16(19-21-22-20-16)8-12-13(17)6-5-11(14(12)18)15(24)25-10-4-2-3-9(23)7-10/h5-7H,2-4,8H2,1H3. The molecule has 1 aromatic rings. The summed E-state index contributed by atoms with van der Waals surface area (Å²) < 4.78 is 5.31. The Hall–Kier alpha value is -2.12. The normalized spacial score (nSPS) is 18.4. The molecule has 0 saturated carbocycles. The lowest BCUT2D eigenvalue weighted by molar-refractivity contribution is -0.115. The second kappa shape index (κ2) is 7.01. The van der Waals surface area contributed by atoms with E-state index in [1.54, 1.807) is 13.0 Å². The highest BCUT2D eigenvalue weighted by atomic mass is 35.5. The van der Waals surface area contributed by atoms with Crippen molar-refractivity contribution in [3.63, 3.8) is 0 Å². The van der Waals surface area contributed by atoms with E-state index in [1.165, 1.54) is 12.1 Å². The van der Waals surface area contributed by atoms with Gasteiger partial charge in [-0.3, -0.25) is 4.79 Å². The van der Waals surface area contributed by atoms with Gasteiger partial charge < -0.3 is 4.74 Å². The number of allylic oxidation sites excluding steroid dienone is 2. The molecular formula is C16H14Cl2N4O3. The van der Waals surface area contributed by atoms with Crippen molar-refractivity contribution >= 4 is 35.0 Å². The fourth-order valence-electron chi connectivity index (χ4n) is 2.59. The highest BCUT2D eigenvalue weighted by Crippen LogP contribution is 2.35. The summed E-state index contributed by atoms with van der Waals surface area (Å²) in [6.45, 7) is 1.73. The number of carbonyl (C=O) groups excluding carboxylic acids is 2. The molecular weight excluding hydrogens is 367 g/mol. The van der Waals surface area contributed by atoms with E-state index in [1.807, 2.05) is 0 Å². The SMILES string of the molecule is CC1(Cc2c(Cl)ccc(C(=O)OC3=CC(=O)CCC3)c2Cl)N=NN=N1. The van der Waals surface area contributed by atoms with Gasteiger partial charge in [0, 0.05) is 30.4 Å². The van der Waals surface area contributed by atoms with Crippen molar-refractivity contribution in [3.8, 4) is 0 Å². The fourth-order valence-corrected chi connectivity index (χ4v) is 3.17. The molecule has 0 spiro atoms. The lowest BCUT2D eigenvalue weighted by Gasteiger charge is -2.18. The van der Waals surface area contributed by atoms with Gasteiger partial charge in [0.05, 0.1) is 10.6 Å². The van der Waals surface area contributed by atoms with E-state index in [2.05, 4.69) is 20.7 Å². The van der Waals surface area contributed by atoms with Gasteiger partial charge in [-0.15, -0.1) is 10.2 Å². The van der Waals surface area contributed by atoms with Gasteiger partial charge in [0.1, 0.15) is 5.76 Å². The smallest absolute Gasteiger partial charge is 0.344 e. The molecule has 0 fully saturated rings. The number of ether oxygens (including phenoxy) is 1. The Balaban J connectivity index is 1.86. The van der Waals surface area contributed by atoms with Crippen LogP contribution in [0.1, 0.15) is 42.1 Å². The molecule has 0 radical (unpaired) electrons. The number of hydrogen-bond donors (Lipinski definition) is 0. The third-order valence-corrected chi connectivity index (χ3v) is 4.66. The molecule has 0 bridgehead atoms. The second-order valence-electron chi connectivity index (χ2n) is 5.98. The molecule has 0 saturated heterocycles. The number of rotatable bonds is 4. The molecule has 0 amide bonds. The molecule has 1 aromatic carbocycles. The topological polar surface area (TPSA) is 92.8 Å². The molecule has 1 heterocycles. The zero-order valence-electron chi connectivity index (χ0n) is 13.3. The van der Waals surface area contributed by atoms with E-state index in [0.717, 1.165) is 0 Å². The Bertz CT molecular complexity index is 821. The summed E-state index contributed by atoms with van der Waals surface area (Å²) >= 11 is 12.6. The number of esters is 1. The second-order valence-corrected chi connectivity index (χ2v) is 6.77. The van der Waals surface area contributed by atoms with E-state index in [4.69, 9.17) is 27.9 Å². The van der Waals surface area contributed by atoms with Gasteiger partial charge in [-0.2, -0.15) is 0 Å². The van der Waals surface area contributed by atoms with Crippen LogP contribution in [0.15, 0.2) is 44.6 Å². The molecule has 1 aliphatic carbocycles. The summed E-state index contributed by atoms with van der Waals surface area (Å²) in [5, 5.41) is 15.4. The van der Waals surface area contributed by atoms with Crippen molar-refractivity contribution < 1.29 is 14.3 Å². The summed E-state index contributed by atoms with van der Waals surface area (Å²) in [5.41, 5.74) is -0.238. The predicted molar refractivity (Wildman–Crippen MR) is 90.6 cm³/mol. The molecule has 7 nitrogen and oxygen atoms in total. The summed E-state index contributed by atoms with van der Waals surface area (Å²) in [5.74, 6) is -0.343. The van der Waals surface area contributed by atoms with E-state index in [9.17, 15) is 9.59 Å².